The Hall–Kier alpha value is -1.39. The van der Waals surface area contributed by atoms with E-state index in [0.717, 1.165) is 38.2 Å². The molecule has 1 aliphatic heterocycles. The Bertz CT molecular complexity index is 480. The second-order valence-corrected chi connectivity index (χ2v) is 5.58. The summed E-state index contributed by atoms with van der Waals surface area (Å²) >= 11 is 0. The predicted molar refractivity (Wildman–Crippen MR) is 84.3 cm³/mol. The van der Waals surface area contributed by atoms with Gasteiger partial charge in [0.1, 0.15) is 6.04 Å². The smallest absolute Gasteiger partial charge is 0.328 e. The molecule has 1 atom stereocenters. The van der Waals surface area contributed by atoms with Crippen LogP contribution in [0.3, 0.4) is 0 Å². The van der Waals surface area contributed by atoms with Crippen molar-refractivity contribution in [1.82, 2.24) is 10.2 Å². The van der Waals surface area contributed by atoms with Crippen LogP contribution >= 0.6 is 0 Å². The second kappa shape index (κ2) is 7.57. The molecule has 0 spiro atoms. The number of benzene rings is 1. The lowest BCUT2D eigenvalue weighted by molar-refractivity contribution is -0.149. The van der Waals surface area contributed by atoms with Gasteiger partial charge in [-0.3, -0.25) is 4.90 Å². The van der Waals surface area contributed by atoms with Crippen molar-refractivity contribution >= 4 is 5.97 Å². The van der Waals surface area contributed by atoms with E-state index in [-0.39, 0.29) is 12.0 Å². The minimum absolute atomic E-state index is 0.131. The molecule has 0 aliphatic carbocycles. The second-order valence-electron chi connectivity index (χ2n) is 5.58. The normalized spacial score (nSPS) is 18.0. The van der Waals surface area contributed by atoms with Gasteiger partial charge in [0, 0.05) is 19.6 Å². The Morgan fingerprint density at radius 3 is 2.90 bits per heavy atom. The number of hydrogen-bond acceptors (Lipinski definition) is 4. The van der Waals surface area contributed by atoms with Crippen LogP contribution < -0.4 is 5.32 Å². The molecule has 1 aliphatic rings. The molecular weight excluding hydrogens is 264 g/mol. The van der Waals surface area contributed by atoms with Crippen LogP contribution in [0.5, 0.6) is 0 Å². The summed E-state index contributed by atoms with van der Waals surface area (Å²) < 4.78 is 5.35. The van der Waals surface area contributed by atoms with Gasteiger partial charge in [-0.05, 0) is 50.4 Å². The third-order valence-corrected chi connectivity index (χ3v) is 4.19. The molecule has 0 amide bonds. The van der Waals surface area contributed by atoms with Crippen molar-refractivity contribution in [3.8, 4) is 0 Å². The van der Waals surface area contributed by atoms with E-state index in [1.54, 1.807) is 0 Å². The fourth-order valence-electron chi connectivity index (χ4n) is 2.89. The number of hydrogen-bond donors (Lipinski definition) is 1. The number of aryl methyl sites for hydroxylation is 1. The molecule has 4 nitrogen and oxygen atoms in total. The van der Waals surface area contributed by atoms with E-state index in [1.165, 1.54) is 11.1 Å². The first kappa shape index (κ1) is 16.0. The molecule has 1 fully saturated rings. The zero-order chi connectivity index (χ0) is 15.2. The highest BCUT2D eigenvalue weighted by atomic mass is 16.5. The maximum Gasteiger partial charge on any atom is 0.328 e. The van der Waals surface area contributed by atoms with Crippen LogP contribution in [0.25, 0.3) is 0 Å². The summed E-state index contributed by atoms with van der Waals surface area (Å²) in [5, 5.41) is 3.39. The van der Waals surface area contributed by atoms with Crippen molar-refractivity contribution in [3.05, 3.63) is 34.9 Å². The van der Waals surface area contributed by atoms with Crippen molar-refractivity contribution in [1.29, 1.82) is 0 Å². The molecule has 4 heteroatoms. The van der Waals surface area contributed by atoms with Crippen molar-refractivity contribution in [2.75, 3.05) is 32.8 Å². The first-order valence-electron chi connectivity index (χ1n) is 7.82. The molecule has 1 aromatic carbocycles. The Morgan fingerprint density at radius 1 is 1.33 bits per heavy atom. The SMILES string of the molecule is CCOC(=O)C(c1cccc(C)c1C)N1CCCNCC1. The van der Waals surface area contributed by atoms with Gasteiger partial charge in [0.25, 0.3) is 0 Å². The summed E-state index contributed by atoms with van der Waals surface area (Å²) in [6, 6.07) is 5.89. The molecule has 116 valence electrons. The van der Waals surface area contributed by atoms with Crippen LogP contribution in [0.2, 0.25) is 0 Å². The highest BCUT2D eigenvalue weighted by Gasteiger charge is 2.30. The largest absolute Gasteiger partial charge is 0.465 e. The third-order valence-electron chi connectivity index (χ3n) is 4.19. The third kappa shape index (κ3) is 3.83. The first-order chi connectivity index (χ1) is 10.1. The molecule has 1 N–H and O–H groups in total. The number of carbonyl (C=O) groups excluding carboxylic acids is 1. The molecule has 0 radical (unpaired) electrons. The van der Waals surface area contributed by atoms with Gasteiger partial charge in [-0.25, -0.2) is 4.79 Å². The highest BCUT2D eigenvalue weighted by molar-refractivity contribution is 5.78. The van der Waals surface area contributed by atoms with Crippen molar-refractivity contribution in [2.45, 2.75) is 33.2 Å². The standard InChI is InChI=1S/C17H26N2O2/c1-4-21-17(20)16(19-11-6-9-18-10-12-19)15-8-5-7-13(2)14(15)3/h5,7-8,16,18H,4,6,9-12H2,1-3H3. The Kier molecular flexibility index (Phi) is 5.76. The molecule has 21 heavy (non-hydrogen) atoms. The lowest BCUT2D eigenvalue weighted by atomic mass is 9.96. The van der Waals surface area contributed by atoms with E-state index in [4.69, 9.17) is 4.74 Å². The summed E-state index contributed by atoms with van der Waals surface area (Å²) in [6.07, 6.45) is 1.06. The fraction of sp³-hybridized carbons (Fsp3) is 0.588. The minimum Gasteiger partial charge on any atom is -0.465 e. The van der Waals surface area contributed by atoms with E-state index in [0.29, 0.717) is 6.61 Å². The molecule has 1 unspecified atom stereocenters. The summed E-state index contributed by atoms with van der Waals surface area (Å²) in [7, 11) is 0. The number of carbonyl (C=O) groups is 1. The van der Waals surface area contributed by atoms with Crippen molar-refractivity contribution in [2.24, 2.45) is 0 Å². The number of esters is 1. The fourth-order valence-corrected chi connectivity index (χ4v) is 2.89. The number of ether oxygens (including phenoxy) is 1. The van der Waals surface area contributed by atoms with Gasteiger partial charge < -0.3 is 10.1 Å². The van der Waals surface area contributed by atoms with E-state index < -0.39 is 0 Å². The number of rotatable bonds is 4. The zero-order valence-corrected chi connectivity index (χ0v) is 13.3. The zero-order valence-electron chi connectivity index (χ0n) is 13.3. The van der Waals surface area contributed by atoms with Gasteiger partial charge in [-0.2, -0.15) is 0 Å². The van der Waals surface area contributed by atoms with E-state index in [1.807, 2.05) is 13.0 Å². The van der Waals surface area contributed by atoms with Gasteiger partial charge in [0.15, 0.2) is 0 Å². The molecule has 1 saturated heterocycles. The van der Waals surface area contributed by atoms with Gasteiger partial charge >= 0.3 is 5.97 Å². The molecule has 1 heterocycles. The molecule has 0 saturated carbocycles. The molecule has 0 bridgehead atoms. The topological polar surface area (TPSA) is 41.6 Å². The van der Waals surface area contributed by atoms with Gasteiger partial charge in [-0.15, -0.1) is 0 Å². The molecule has 1 aromatic rings. The number of nitrogens with one attached hydrogen (secondary N) is 1. The maximum absolute atomic E-state index is 12.5. The Balaban J connectivity index is 2.34. The van der Waals surface area contributed by atoms with E-state index in [9.17, 15) is 4.79 Å². The maximum atomic E-state index is 12.5. The molecule has 2 rings (SSSR count). The van der Waals surface area contributed by atoms with Crippen LogP contribution in [0, 0.1) is 13.8 Å². The predicted octanol–water partition coefficient (Wildman–Crippen LogP) is 2.20. The van der Waals surface area contributed by atoms with Crippen LogP contribution in [0.1, 0.15) is 36.1 Å². The Labute approximate surface area is 127 Å². The quantitative estimate of drug-likeness (QED) is 0.863. The molecule has 0 aromatic heterocycles. The van der Waals surface area contributed by atoms with Crippen molar-refractivity contribution < 1.29 is 9.53 Å². The van der Waals surface area contributed by atoms with Crippen LogP contribution in [-0.4, -0.2) is 43.7 Å². The van der Waals surface area contributed by atoms with E-state index in [2.05, 4.69) is 36.2 Å². The van der Waals surface area contributed by atoms with Crippen LogP contribution in [0.4, 0.5) is 0 Å². The highest BCUT2D eigenvalue weighted by Crippen LogP contribution is 2.27. The van der Waals surface area contributed by atoms with Crippen LogP contribution in [0.15, 0.2) is 18.2 Å². The number of nitrogens with zero attached hydrogens (tertiary/aromatic N) is 1. The summed E-state index contributed by atoms with van der Waals surface area (Å²) in [5.41, 5.74) is 3.48. The average Bonchev–Trinajstić information content (AvgIpc) is 2.73. The lowest BCUT2D eigenvalue weighted by Gasteiger charge is -2.30. The summed E-state index contributed by atoms with van der Waals surface area (Å²) in [5.74, 6) is -0.131. The van der Waals surface area contributed by atoms with Crippen LogP contribution in [-0.2, 0) is 9.53 Å². The molecular formula is C17H26N2O2. The van der Waals surface area contributed by atoms with Gasteiger partial charge in [-0.1, -0.05) is 18.2 Å². The summed E-state index contributed by atoms with van der Waals surface area (Å²) in [4.78, 5) is 14.8. The van der Waals surface area contributed by atoms with E-state index >= 15 is 0 Å². The monoisotopic (exact) mass is 290 g/mol. The van der Waals surface area contributed by atoms with Crippen molar-refractivity contribution in [3.63, 3.8) is 0 Å². The Morgan fingerprint density at radius 2 is 2.14 bits per heavy atom. The summed E-state index contributed by atoms with van der Waals surface area (Å²) in [6.45, 7) is 10.2. The van der Waals surface area contributed by atoms with Gasteiger partial charge in [0.05, 0.1) is 6.61 Å². The minimum atomic E-state index is -0.287. The van der Waals surface area contributed by atoms with Gasteiger partial charge in [0.2, 0.25) is 0 Å². The average molecular weight is 290 g/mol. The first-order valence-corrected chi connectivity index (χ1v) is 7.82. The lowest BCUT2D eigenvalue weighted by Crippen LogP contribution is -2.38.